The summed E-state index contributed by atoms with van der Waals surface area (Å²) in [5, 5.41) is 1.44. The van der Waals surface area contributed by atoms with Crippen LogP contribution in [0, 0.1) is 0 Å². The Morgan fingerprint density at radius 3 is 2.64 bits per heavy atom. The molecule has 0 atom stereocenters. The average Bonchev–Trinajstić information content (AvgIpc) is 2.49. The first-order valence-corrected chi connectivity index (χ1v) is 7.51. The third-order valence-corrected chi connectivity index (χ3v) is 3.47. The number of rotatable bonds is 5. The van der Waals surface area contributed by atoms with Crippen LogP contribution in [0.2, 0.25) is 5.02 Å². The predicted molar refractivity (Wildman–Crippen MR) is 85.9 cm³/mol. The van der Waals surface area contributed by atoms with Crippen LogP contribution in [0.15, 0.2) is 23.0 Å². The summed E-state index contributed by atoms with van der Waals surface area (Å²) in [6.07, 6.45) is 0.771. The molecule has 0 radical (unpaired) electrons. The van der Waals surface area contributed by atoms with Crippen LogP contribution in [0.5, 0.6) is 5.75 Å². The van der Waals surface area contributed by atoms with Crippen molar-refractivity contribution in [2.75, 3.05) is 13.2 Å². The second kappa shape index (κ2) is 6.83. The zero-order chi connectivity index (χ0) is 16.3. The lowest BCUT2D eigenvalue weighted by Crippen LogP contribution is -2.26. The Kier molecular flexibility index (Phi) is 5.08. The maximum Gasteiger partial charge on any atom is 0.358 e. The van der Waals surface area contributed by atoms with Crippen molar-refractivity contribution in [2.45, 2.75) is 20.3 Å². The topological polar surface area (TPSA) is 57.5 Å². The number of benzene rings is 1. The van der Waals surface area contributed by atoms with Gasteiger partial charge in [0.1, 0.15) is 0 Å². The van der Waals surface area contributed by atoms with Crippen molar-refractivity contribution < 1.29 is 14.3 Å². The number of fused-ring (bicyclic) bond motifs is 1. The van der Waals surface area contributed by atoms with Gasteiger partial charge in [0.15, 0.2) is 11.4 Å². The smallest absolute Gasteiger partial charge is 0.358 e. The van der Waals surface area contributed by atoms with Gasteiger partial charge in [-0.1, -0.05) is 18.5 Å². The lowest BCUT2D eigenvalue weighted by Gasteiger charge is -2.16. The van der Waals surface area contributed by atoms with Crippen molar-refractivity contribution >= 4 is 28.3 Å². The largest absolute Gasteiger partial charge is 0.490 e. The van der Waals surface area contributed by atoms with Crippen LogP contribution in [0.3, 0.4) is 0 Å². The van der Waals surface area contributed by atoms with Gasteiger partial charge in [-0.15, -0.1) is 0 Å². The Labute approximate surface area is 133 Å². The van der Waals surface area contributed by atoms with Crippen LogP contribution in [0.25, 0.3) is 10.8 Å². The maximum atomic E-state index is 12.5. The minimum Gasteiger partial charge on any atom is -0.490 e. The van der Waals surface area contributed by atoms with E-state index in [4.69, 9.17) is 21.1 Å². The zero-order valence-electron chi connectivity index (χ0n) is 12.8. The molecule has 6 heteroatoms. The molecule has 0 saturated heterocycles. The summed E-state index contributed by atoms with van der Waals surface area (Å²) in [4.78, 5) is 24.7. The first-order chi connectivity index (χ1) is 10.5. The van der Waals surface area contributed by atoms with Gasteiger partial charge in [-0.2, -0.15) is 0 Å². The molecular weight excluding hydrogens is 306 g/mol. The molecule has 2 aromatic rings. The van der Waals surface area contributed by atoms with E-state index in [2.05, 4.69) is 0 Å². The lowest BCUT2D eigenvalue weighted by molar-refractivity contribution is 0.0508. The van der Waals surface area contributed by atoms with Gasteiger partial charge in [-0.3, -0.25) is 4.79 Å². The van der Waals surface area contributed by atoms with Crippen molar-refractivity contribution in [3.05, 3.63) is 39.3 Å². The Morgan fingerprint density at radius 1 is 1.27 bits per heavy atom. The molecule has 0 aliphatic carbocycles. The summed E-state index contributed by atoms with van der Waals surface area (Å²) < 4.78 is 12.1. The molecule has 0 aliphatic heterocycles. The van der Waals surface area contributed by atoms with E-state index in [0.29, 0.717) is 28.2 Å². The minimum absolute atomic E-state index is 0.107. The number of halogens is 1. The van der Waals surface area contributed by atoms with E-state index in [1.165, 1.54) is 11.6 Å². The fraction of sp³-hybridized carbons (Fsp3) is 0.375. The second-order valence-corrected chi connectivity index (χ2v) is 5.24. The van der Waals surface area contributed by atoms with Gasteiger partial charge in [0, 0.05) is 17.5 Å². The fourth-order valence-corrected chi connectivity index (χ4v) is 2.40. The Morgan fingerprint density at radius 2 is 2.00 bits per heavy atom. The van der Waals surface area contributed by atoms with Gasteiger partial charge in [-0.25, -0.2) is 4.79 Å². The molecule has 0 unspecified atom stereocenters. The minimum atomic E-state index is -0.588. The Hall–Kier alpha value is -2.01. The van der Waals surface area contributed by atoms with Crippen LogP contribution < -0.4 is 10.3 Å². The standard InChI is InChI=1S/C16H18ClNO4/c1-4-8-22-14-12-9-10(17)6-7-11(12)15(19)18(3)13(14)16(20)21-5-2/h6-7,9H,4-5,8H2,1-3H3. The van der Waals surface area contributed by atoms with Gasteiger partial charge in [0.25, 0.3) is 5.56 Å². The highest BCUT2D eigenvalue weighted by atomic mass is 35.5. The molecule has 0 saturated carbocycles. The molecule has 0 fully saturated rings. The highest BCUT2D eigenvalue weighted by Crippen LogP contribution is 2.30. The highest BCUT2D eigenvalue weighted by Gasteiger charge is 2.23. The quantitative estimate of drug-likeness (QED) is 0.793. The molecule has 22 heavy (non-hydrogen) atoms. The maximum absolute atomic E-state index is 12.5. The van der Waals surface area contributed by atoms with E-state index < -0.39 is 5.97 Å². The van der Waals surface area contributed by atoms with Crippen LogP contribution in [0.4, 0.5) is 0 Å². The van der Waals surface area contributed by atoms with Crippen LogP contribution in [-0.4, -0.2) is 23.8 Å². The van der Waals surface area contributed by atoms with Gasteiger partial charge in [0.2, 0.25) is 0 Å². The normalized spacial score (nSPS) is 10.7. The summed E-state index contributed by atoms with van der Waals surface area (Å²) in [7, 11) is 1.53. The van der Waals surface area contributed by atoms with E-state index in [9.17, 15) is 9.59 Å². The third-order valence-electron chi connectivity index (χ3n) is 3.23. The van der Waals surface area contributed by atoms with Crippen molar-refractivity contribution in [1.29, 1.82) is 0 Å². The Bertz CT molecular complexity index is 767. The molecule has 1 aromatic heterocycles. The third kappa shape index (κ3) is 2.95. The fourth-order valence-electron chi connectivity index (χ4n) is 2.23. The monoisotopic (exact) mass is 323 g/mol. The lowest BCUT2D eigenvalue weighted by atomic mass is 10.1. The second-order valence-electron chi connectivity index (χ2n) is 4.80. The van der Waals surface area contributed by atoms with Gasteiger partial charge < -0.3 is 14.0 Å². The average molecular weight is 324 g/mol. The number of hydrogen-bond acceptors (Lipinski definition) is 4. The summed E-state index contributed by atoms with van der Waals surface area (Å²) in [5.74, 6) is -0.255. The van der Waals surface area contributed by atoms with Crippen molar-refractivity contribution in [3.63, 3.8) is 0 Å². The summed E-state index contributed by atoms with van der Waals surface area (Å²) in [6, 6.07) is 4.90. The molecule has 2 rings (SSSR count). The zero-order valence-corrected chi connectivity index (χ0v) is 13.6. The van der Waals surface area contributed by atoms with Crippen molar-refractivity contribution in [3.8, 4) is 5.75 Å². The first kappa shape index (κ1) is 16.4. The van der Waals surface area contributed by atoms with Crippen LogP contribution in [0.1, 0.15) is 30.8 Å². The molecular formula is C16H18ClNO4. The summed E-state index contributed by atoms with van der Waals surface area (Å²) in [6.45, 7) is 4.31. The van der Waals surface area contributed by atoms with Crippen molar-refractivity contribution in [1.82, 2.24) is 4.57 Å². The van der Waals surface area contributed by atoms with Crippen LogP contribution >= 0.6 is 11.6 Å². The molecule has 5 nitrogen and oxygen atoms in total. The molecule has 0 amide bonds. The molecule has 0 bridgehead atoms. The molecule has 1 aromatic carbocycles. The number of ether oxygens (including phenoxy) is 2. The van der Waals surface area contributed by atoms with Gasteiger partial charge in [0.05, 0.1) is 18.6 Å². The van der Waals surface area contributed by atoms with Crippen LogP contribution in [-0.2, 0) is 11.8 Å². The SMILES string of the molecule is CCCOc1c(C(=O)OCC)n(C)c(=O)c2ccc(Cl)cc12. The molecule has 0 N–H and O–H groups in total. The number of carbonyl (C=O) groups excluding carboxylic acids is 1. The number of aromatic nitrogens is 1. The Balaban J connectivity index is 2.82. The first-order valence-electron chi connectivity index (χ1n) is 7.13. The molecule has 0 aliphatic rings. The number of pyridine rings is 1. The van der Waals surface area contributed by atoms with E-state index >= 15 is 0 Å². The van der Waals surface area contributed by atoms with E-state index in [1.54, 1.807) is 25.1 Å². The number of nitrogens with zero attached hydrogens (tertiary/aromatic N) is 1. The highest BCUT2D eigenvalue weighted by molar-refractivity contribution is 6.31. The van der Waals surface area contributed by atoms with Crippen molar-refractivity contribution in [2.24, 2.45) is 7.05 Å². The number of carbonyl (C=O) groups is 1. The van der Waals surface area contributed by atoms with E-state index in [-0.39, 0.29) is 17.9 Å². The van der Waals surface area contributed by atoms with Gasteiger partial charge >= 0.3 is 5.97 Å². The molecule has 118 valence electrons. The van der Waals surface area contributed by atoms with E-state index in [1.807, 2.05) is 6.92 Å². The molecule has 0 spiro atoms. The summed E-state index contributed by atoms with van der Waals surface area (Å²) >= 11 is 6.03. The predicted octanol–water partition coefficient (Wildman–Crippen LogP) is 3.16. The number of hydrogen-bond donors (Lipinski definition) is 0. The number of esters is 1. The van der Waals surface area contributed by atoms with Gasteiger partial charge in [-0.05, 0) is 31.5 Å². The van der Waals surface area contributed by atoms with E-state index in [0.717, 1.165) is 6.42 Å². The molecule has 1 heterocycles. The summed E-state index contributed by atoms with van der Waals surface area (Å²) in [5.41, 5.74) is -0.186.